The summed E-state index contributed by atoms with van der Waals surface area (Å²) in [5.41, 5.74) is 1.57. The van der Waals surface area contributed by atoms with Crippen molar-refractivity contribution in [2.45, 2.75) is 26.7 Å². The molecule has 0 saturated heterocycles. The van der Waals surface area contributed by atoms with Gasteiger partial charge in [-0.15, -0.1) is 0 Å². The van der Waals surface area contributed by atoms with Crippen LogP contribution in [-0.4, -0.2) is 23.0 Å². The first-order chi connectivity index (χ1) is 10.4. The third-order valence-electron chi connectivity index (χ3n) is 3.17. The molecule has 0 saturated carbocycles. The standard InChI is InChI=1S/C16H18ClN3O2/c1-9(2)15-18-8-12(10(3)19-15)16(21)20-13-7-11(17)5-6-14(13)22-4/h5-9H,1-4H3,(H,20,21). The molecule has 1 heterocycles. The minimum atomic E-state index is -0.298. The number of carbonyl (C=O) groups is 1. The highest BCUT2D eigenvalue weighted by molar-refractivity contribution is 6.31. The normalized spacial score (nSPS) is 10.6. The fourth-order valence-electron chi connectivity index (χ4n) is 1.95. The summed E-state index contributed by atoms with van der Waals surface area (Å²) in [5.74, 6) is 1.17. The van der Waals surface area contributed by atoms with Gasteiger partial charge in [0.25, 0.3) is 5.91 Å². The van der Waals surface area contributed by atoms with Crippen molar-refractivity contribution in [2.24, 2.45) is 0 Å². The van der Waals surface area contributed by atoms with Crippen molar-refractivity contribution in [3.63, 3.8) is 0 Å². The number of amides is 1. The van der Waals surface area contributed by atoms with E-state index in [4.69, 9.17) is 16.3 Å². The molecule has 1 amide bonds. The second-order valence-corrected chi connectivity index (χ2v) is 5.62. The van der Waals surface area contributed by atoms with Crippen molar-refractivity contribution in [2.75, 3.05) is 12.4 Å². The first-order valence-electron chi connectivity index (χ1n) is 6.90. The van der Waals surface area contributed by atoms with Gasteiger partial charge in [0.15, 0.2) is 0 Å². The number of methoxy groups -OCH3 is 1. The fourth-order valence-corrected chi connectivity index (χ4v) is 2.13. The number of halogens is 1. The molecule has 1 aromatic heterocycles. The van der Waals surface area contributed by atoms with E-state index < -0.39 is 0 Å². The van der Waals surface area contributed by atoms with Crippen molar-refractivity contribution in [3.05, 3.63) is 46.5 Å². The minimum absolute atomic E-state index is 0.212. The van der Waals surface area contributed by atoms with Gasteiger partial charge in [-0.2, -0.15) is 0 Å². The van der Waals surface area contributed by atoms with Crippen LogP contribution in [0.4, 0.5) is 5.69 Å². The number of aryl methyl sites for hydroxylation is 1. The summed E-state index contributed by atoms with van der Waals surface area (Å²) in [6, 6.07) is 5.03. The van der Waals surface area contributed by atoms with Crippen LogP contribution in [0.25, 0.3) is 0 Å². The van der Waals surface area contributed by atoms with Crippen LogP contribution in [0.2, 0.25) is 5.02 Å². The number of hydrogen-bond donors (Lipinski definition) is 1. The molecule has 0 aliphatic heterocycles. The molecule has 0 aliphatic rings. The highest BCUT2D eigenvalue weighted by Crippen LogP contribution is 2.28. The van der Waals surface area contributed by atoms with E-state index in [1.807, 2.05) is 13.8 Å². The lowest BCUT2D eigenvalue weighted by Crippen LogP contribution is -2.16. The highest BCUT2D eigenvalue weighted by Gasteiger charge is 2.15. The lowest BCUT2D eigenvalue weighted by atomic mass is 10.1. The number of anilines is 1. The lowest BCUT2D eigenvalue weighted by molar-refractivity contribution is 0.102. The van der Waals surface area contributed by atoms with Crippen LogP contribution in [0, 0.1) is 6.92 Å². The second-order valence-electron chi connectivity index (χ2n) is 5.18. The van der Waals surface area contributed by atoms with Gasteiger partial charge < -0.3 is 10.1 Å². The van der Waals surface area contributed by atoms with Crippen LogP contribution in [0.5, 0.6) is 5.75 Å². The molecule has 0 bridgehead atoms. The molecule has 6 heteroatoms. The van der Waals surface area contributed by atoms with Crippen LogP contribution in [0.3, 0.4) is 0 Å². The number of rotatable bonds is 4. The molecular weight excluding hydrogens is 302 g/mol. The highest BCUT2D eigenvalue weighted by atomic mass is 35.5. The maximum atomic E-state index is 12.4. The Balaban J connectivity index is 2.28. The van der Waals surface area contributed by atoms with Gasteiger partial charge in [-0.1, -0.05) is 25.4 Å². The quantitative estimate of drug-likeness (QED) is 0.930. The fraction of sp³-hybridized carbons (Fsp3) is 0.312. The molecule has 1 N–H and O–H groups in total. The number of nitrogens with one attached hydrogen (secondary N) is 1. The zero-order chi connectivity index (χ0) is 16.3. The number of nitrogens with zero attached hydrogens (tertiary/aromatic N) is 2. The van der Waals surface area contributed by atoms with Gasteiger partial charge in [0.2, 0.25) is 0 Å². The molecule has 2 aromatic rings. The zero-order valence-corrected chi connectivity index (χ0v) is 13.7. The summed E-state index contributed by atoms with van der Waals surface area (Å²) in [7, 11) is 1.53. The average molecular weight is 320 g/mol. The van der Waals surface area contributed by atoms with E-state index in [0.717, 1.165) is 5.82 Å². The molecule has 0 radical (unpaired) electrons. The van der Waals surface area contributed by atoms with Crippen molar-refractivity contribution in [1.82, 2.24) is 9.97 Å². The van der Waals surface area contributed by atoms with Crippen LogP contribution < -0.4 is 10.1 Å². The van der Waals surface area contributed by atoms with Gasteiger partial charge in [0.1, 0.15) is 11.6 Å². The first-order valence-corrected chi connectivity index (χ1v) is 7.28. The maximum Gasteiger partial charge on any atom is 0.259 e. The minimum Gasteiger partial charge on any atom is -0.495 e. The molecule has 0 atom stereocenters. The lowest BCUT2D eigenvalue weighted by Gasteiger charge is -2.12. The summed E-state index contributed by atoms with van der Waals surface area (Å²) in [6.45, 7) is 5.80. The Labute approximate surface area is 134 Å². The molecular formula is C16H18ClN3O2. The number of aromatic nitrogens is 2. The summed E-state index contributed by atoms with van der Waals surface area (Å²) in [5, 5.41) is 3.29. The first kappa shape index (κ1) is 16.2. The molecule has 2 rings (SSSR count). The SMILES string of the molecule is COc1ccc(Cl)cc1NC(=O)c1cnc(C(C)C)nc1C. The van der Waals surface area contributed by atoms with Gasteiger partial charge in [0, 0.05) is 17.1 Å². The Hall–Kier alpha value is -2.14. The summed E-state index contributed by atoms with van der Waals surface area (Å²) < 4.78 is 5.21. The Morgan fingerprint density at radius 3 is 2.68 bits per heavy atom. The third kappa shape index (κ3) is 3.54. The van der Waals surface area contributed by atoms with Crippen LogP contribution in [0.1, 0.15) is 41.6 Å². The summed E-state index contributed by atoms with van der Waals surface area (Å²) in [4.78, 5) is 21.0. The Morgan fingerprint density at radius 2 is 2.09 bits per heavy atom. The molecule has 0 fully saturated rings. The number of benzene rings is 1. The van der Waals surface area contributed by atoms with Crippen LogP contribution in [-0.2, 0) is 0 Å². The second kappa shape index (κ2) is 6.75. The van der Waals surface area contributed by atoms with Gasteiger partial charge in [-0.25, -0.2) is 9.97 Å². The van der Waals surface area contributed by atoms with E-state index in [-0.39, 0.29) is 11.8 Å². The Kier molecular flexibility index (Phi) is 4.98. The molecule has 0 spiro atoms. The smallest absolute Gasteiger partial charge is 0.259 e. The molecule has 0 aliphatic carbocycles. The molecule has 116 valence electrons. The Morgan fingerprint density at radius 1 is 1.36 bits per heavy atom. The van der Waals surface area contributed by atoms with Gasteiger partial charge >= 0.3 is 0 Å². The van der Waals surface area contributed by atoms with Crippen molar-refractivity contribution >= 4 is 23.2 Å². The number of carbonyl (C=O) groups excluding carboxylic acids is 1. The van der Waals surface area contributed by atoms with E-state index in [2.05, 4.69) is 15.3 Å². The van der Waals surface area contributed by atoms with E-state index in [1.54, 1.807) is 31.3 Å². The number of hydrogen-bond acceptors (Lipinski definition) is 4. The Bertz CT molecular complexity index is 702. The van der Waals surface area contributed by atoms with Crippen molar-refractivity contribution in [3.8, 4) is 5.75 Å². The zero-order valence-electron chi connectivity index (χ0n) is 13.0. The molecule has 22 heavy (non-hydrogen) atoms. The van der Waals surface area contributed by atoms with E-state index in [0.29, 0.717) is 27.7 Å². The van der Waals surface area contributed by atoms with Gasteiger partial charge in [0.05, 0.1) is 24.1 Å². The van der Waals surface area contributed by atoms with Crippen molar-refractivity contribution < 1.29 is 9.53 Å². The van der Waals surface area contributed by atoms with Crippen molar-refractivity contribution in [1.29, 1.82) is 0 Å². The van der Waals surface area contributed by atoms with E-state index in [1.165, 1.54) is 7.11 Å². The monoisotopic (exact) mass is 319 g/mol. The predicted octanol–water partition coefficient (Wildman–Crippen LogP) is 3.82. The third-order valence-corrected chi connectivity index (χ3v) is 3.40. The largest absolute Gasteiger partial charge is 0.495 e. The molecule has 5 nitrogen and oxygen atoms in total. The average Bonchev–Trinajstić information content (AvgIpc) is 2.47. The van der Waals surface area contributed by atoms with Gasteiger partial charge in [-0.05, 0) is 25.1 Å². The van der Waals surface area contributed by atoms with Crippen LogP contribution in [0.15, 0.2) is 24.4 Å². The van der Waals surface area contributed by atoms with Gasteiger partial charge in [-0.3, -0.25) is 4.79 Å². The van der Waals surface area contributed by atoms with E-state index in [9.17, 15) is 4.79 Å². The van der Waals surface area contributed by atoms with E-state index >= 15 is 0 Å². The summed E-state index contributed by atoms with van der Waals surface area (Å²) >= 11 is 5.96. The maximum absolute atomic E-state index is 12.4. The summed E-state index contributed by atoms with van der Waals surface area (Å²) in [6.07, 6.45) is 1.55. The molecule has 0 unspecified atom stereocenters. The van der Waals surface area contributed by atoms with Crippen LogP contribution >= 0.6 is 11.6 Å². The predicted molar refractivity (Wildman–Crippen MR) is 86.8 cm³/mol. The topological polar surface area (TPSA) is 64.1 Å². The number of ether oxygens (including phenoxy) is 1. The molecule has 1 aromatic carbocycles.